The number of hydrogen-bond donors (Lipinski definition) is 1. The van der Waals surface area contributed by atoms with Gasteiger partial charge < -0.3 is 15.0 Å². The number of carbonyl (C=O) groups is 2. The topological polar surface area (TPSA) is 58.6 Å². The Morgan fingerprint density at radius 2 is 1.60 bits per heavy atom. The van der Waals surface area contributed by atoms with Gasteiger partial charge in [-0.1, -0.05) is 19.1 Å². The van der Waals surface area contributed by atoms with E-state index < -0.39 is 0 Å². The lowest BCUT2D eigenvalue weighted by molar-refractivity contribution is 0.0660. The van der Waals surface area contributed by atoms with E-state index in [1.807, 2.05) is 55.1 Å². The number of carbonyl (C=O) groups excluding carboxylic acids is 2. The highest BCUT2D eigenvalue weighted by molar-refractivity contribution is 5.94. The smallest absolute Gasteiger partial charge is 0.253 e. The van der Waals surface area contributed by atoms with Gasteiger partial charge in [0.2, 0.25) is 0 Å². The summed E-state index contributed by atoms with van der Waals surface area (Å²) in [6.07, 6.45) is 2.86. The van der Waals surface area contributed by atoms with Crippen LogP contribution in [-0.2, 0) is 6.42 Å². The monoisotopic (exact) mass is 408 g/mol. The number of ether oxygens (including phenoxy) is 1. The van der Waals surface area contributed by atoms with Crippen molar-refractivity contribution in [3.05, 3.63) is 65.2 Å². The van der Waals surface area contributed by atoms with Crippen LogP contribution in [0.3, 0.4) is 0 Å². The molecule has 2 amide bonds. The highest BCUT2D eigenvalue weighted by atomic mass is 16.5. The van der Waals surface area contributed by atoms with Gasteiger partial charge in [0.1, 0.15) is 5.75 Å². The van der Waals surface area contributed by atoms with Crippen LogP contribution in [0, 0.1) is 5.92 Å². The molecule has 3 rings (SSSR count). The Morgan fingerprint density at radius 3 is 2.17 bits per heavy atom. The number of aryl methyl sites for hydroxylation is 1. The number of rotatable bonds is 7. The Hall–Kier alpha value is -2.82. The van der Waals surface area contributed by atoms with E-state index in [0.717, 1.165) is 43.7 Å². The lowest BCUT2D eigenvalue weighted by atomic mass is 9.97. The molecule has 2 aromatic carbocycles. The second-order valence-electron chi connectivity index (χ2n) is 8.25. The Morgan fingerprint density at radius 1 is 1.00 bits per heavy atom. The quantitative estimate of drug-likeness (QED) is 0.742. The van der Waals surface area contributed by atoms with Crippen LogP contribution in [-0.4, -0.2) is 42.5 Å². The summed E-state index contributed by atoms with van der Waals surface area (Å²) < 4.78 is 5.93. The molecule has 1 saturated heterocycles. The molecule has 1 heterocycles. The average molecular weight is 409 g/mol. The van der Waals surface area contributed by atoms with Crippen molar-refractivity contribution in [2.75, 3.05) is 19.7 Å². The van der Waals surface area contributed by atoms with E-state index in [0.29, 0.717) is 18.1 Å². The largest absolute Gasteiger partial charge is 0.493 e. The van der Waals surface area contributed by atoms with Gasteiger partial charge in [-0.25, -0.2) is 0 Å². The van der Waals surface area contributed by atoms with Gasteiger partial charge in [-0.15, -0.1) is 0 Å². The Bertz CT molecular complexity index is 836. The van der Waals surface area contributed by atoms with Crippen LogP contribution in [0.5, 0.6) is 5.75 Å². The van der Waals surface area contributed by atoms with Crippen molar-refractivity contribution in [1.29, 1.82) is 0 Å². The SMILES string of the molecule is CCc1ccc(C(=O)N2CCC(COc3ccc(C(=O)NC(C)C)cc3)CC2)cc1. The fourth-order valence-corrected chi connectivity index (χ4v) is 3.63. The molecule has 0 atom stereocenters. The van der Waals surface area contributed by atoms with Crippen LogP contribution in [0.4, 0.5) is 0 Å². The van der Waals surface area contributed by atoms with Crippen molar-refractivity contribution in [3.8, 4) is 5.75 Å². The normalized spacial score (nSPS) is 14.6. The maximum absolute atomic E-state index is 12.7. The molecule has 5 nitrogen and oxygen atoms in total. The number of benzene rings is 2. The van der Waals surface area contributed by atoms with Crippen LogP contribution < -0.4 is 10.1 Å². The zero-order valence-electron chi connectivity index (χ0n) is 18.2. The molecule has 0 bridgehead atoms. The maximum Gasteiger partial charge on any atom is 0.253 e. The molecule has 0 unspecified atom stereocenters. The molecule has 0 spiro atoms. The molecule has 1 aliphatic heterocycles. The van der Waals surface area contributed by atoms with Crippen molar-refractivity contribution < 1.29 is 14.3 Å². The second-order valence-corrected chi connectivity index (χ2v) is 8.25. The predicted molar refractivity (Wildman–Crippen MR) is 119 cm³/mol. The highest BCUT2D eigenvalue weighted by Gasteiger charge is 2.24. The van der Waals surface area contributed by atoms with Gasteiger partial charge in [-0.05, 0) is 81.0 Å². The first-order chi connectivity index (χ1) is 14.5. The zero-order chi connectivity index (χ0) is 21.5. The predicted octanol–water partition coefficient (Wildman–Crippen LogP) is 4.32. The summed E-state index contributed by atoms with van der Waals surface area (Å²) in [7, 11) is 0. The molecule has 0 radical (unpaired) electrons. The number of likely N-dealkylation sites (tertiary alicyclic amines) is 1. The third kappa shape index (κ3) is 5.85. The van der Waals surface area contributed by atoms with E-state index in [1.165, 1.54) is 5.56 Å². The first-order valence-corrected chi connectivity index (χ1v) is 10.9. The standard InChI is InChI=1S/C25H32N2O3/c1-4-19-5-7-22(8-6-19)25(29)27-15-13-20(14-16-27)17-30-23-11-9-21(10-12-23)24(28)26-18(2)3/h5-12,18,20H,4,13-17H2,1-3H3,(H,26,28). The van der Waals surface area contributed by atoms with E-state index in [9.17, 15) is 9.59 Å². The van der Waals surface area contributed by atoms with Crippen LogP contribution in [0.15, 0.2) is 48.5 Å². The number of amides is 2. The van der Waals surface area contributed by atoms with Gasteiger partial charge in [-0.2, -0.15) is 0 Å². The van der Waals surface area contributed by atoms with Crippen molar-refractivity contribution in [2.24, 2.45) is 5.92 Å². The van der Waals surface area contributed by atoms with Gasteiger partial charge in [0.25, 0.3) is 11.8 Å². The summed E-state index contributed by atoms with van der Waals surface area (Å²) in [6, 6.07) is 15.3. The molecular formula is C25H32N2O3. The fraction of sp³-hybridized carbons (Fsp3) is 0.440. The van der Waals surface area contributed by atoms with Gasteiger partial charge in [0, 0.05) is 30.3 Å². The summed E-state index contributed by atoms with van der Waals surface area (Å²) in [5, 5.41) is 2.88. The zero-order valence-corrected chi connectivity index (χ0v) is 18.2. The third-order valence-electron chi connectivity index (χ3n) is 5.53. The summed E-state index contributed by atoms with van der Waals surface area (Å²) in [6.45, 7) is 8.15. The molecule has 160 valence electrons. The molecule has 1 fully saturated rings. The van der Waals surface area contributed by atoms with Crippen molar-refractivity contribution in [3.63, 3.8) is 0 Å². The number of nitrogens with zero attached hydrogens (tertiary/aromatic N) is 1. The molecule has 1 aliphatic rings. The van der Waals surface area contributed by atoms with Crippen molar-refractivity contribution in [1.82, 2.24) is 10.2 Å². The summed E-state index contributed by atoms with van der Waals surface area (Å²) >= 11 is 0. The minimum absolute atomic E-state index is 0.0714. The second kappa shape index (κ2) is 10.3. The number of nitrogens with one attached hydrogen (secondary N) is 1. The van der Waals surface area contributed by atoms with Crippen LogP contribution >= 0.6 is 0 Å². The Labute approximate surface area is 179 Å². The lowest BCUT2D eigenvalue weighted by Gasteiger charge is -2.32. The van der Waals surface area contributed by atoms with E-state index in [1.54, 1.807) is 12.1 Å². The number of piperidine rings is 1. The van der Waals surface area contributed by atoms with Gasteiger partial charge >= 0.3 is 0 Å². The van der Waals surface area contributed by atoms with Crippen molar-refractivity contribution >= 4 is 11.8 Å². The van der Waals surface area contributed by atoms with Crippen LogP contribution in [0.2, 0.25) is 0 Å². The van der Waals surface area contributed by atoms with Crippen LogP contribution in [0.25, 0.3) is 0 Å². The van der Waals surface area contributed by atoms with E-state index >= 15 is 0 Å². The van der Waals surface area contributed by atoms with Crippen molar-refractivity contribution in [2.45, 2.75) is 46.1 Å². The minimum Gasteiger partial charge on any atom is -0.493 e. The first-order valence-electron chi connectivity index (χ1n) is 10.9. The van der Waals surface area contributed by atoms with Crippen LogP contribution in [0.1, 0.15) is 59.9 Å². The summed E-state index contributed by atoms with van der Waals surface area (Å²) in [5.41, 5.74) is 2.65. The Kier molecular flexibility index (Phi) is 7.50. The van der Waals surface area contributed by atoms with E-state index in [-0.39, 0.29) is 17.9 Å². The molecule has 5 heteroatoms. The first kappa shape index (κ1) is 21.9. The summed E-state index contributed by atoms with van der Waals surface area (Å²) in [4.78, 5) is 26.7. The number of hydrogen-bond acceptors (Lipinski definition) is 3. The lowest BCUT2D eigenvalue weighted by Crippen LogP contribution is -2.39. The maximum atomic E-state index is 12.7. The molecule has 1 N–H and O–H groups in total. The van der Waals surface area contributed by atoms with Gasteiger partial charge in [-0.3, -0.25) is 9.59 Å². The van der Waals surface area contributed by atoms with Gasteiger partial charge in [0.15, 0.2) is 0 Å². The Balaban J connectivity index is 1.44. The molecule has 0 aromatic heterocycles. The molecular weight excluding hydrogens is 376 g/mol. The highest BCUT2D eigenvalue weighted by Crippen LogP contribution is 2.21. The van der Waals surface area contributed by atoms with E-state index in [4.69, 9.17) is 4.74 Å². The molecule has 2 aromatic rings. The van der Waals surface area contributed by atoms with Gasteiger partial charge in [0.05, 0.1) is 6.61 Å². The molecule has 30 heavy (non-hydrogen) atoms. The molecule has 0 aliphatic carbocycles. The molecule has 0 saturated carbocycles. The summed E-state index contributed by atoms with van der Waals surface area (Å²) in [5.74, 6) is 1.25. The third-order valence-corrected chi connectivity index (χ3v) is 5.53. The fourth-order valence-electron chi connectivity index (χ4n) is 3.63. The van der Waals surface area contributed by atoms with E-state index in [2.05, 4.69) is 12.2 Å². The minimum atomic E-state index is -0.0714. The average Bonchev–Trinajstić information content (AvgIpc) is 2.77.